The normalized spacial score (nSPS) is 20.3. The lowest BCUT2D eigenvalue weighted by Gasteiger charge is -2.36. The molecular formula is C28H35N3O5S2. The number of aromatic nitrogens is 1. The van der Waals surface area contributed by atoms with E-state index in [0.717, 1.165) is 60.5 Å². The molecule has 3 aromatic rings. The maximum absolute atomic E-state index is 13.7. The van der Waals surface area contributed by atoms with Gasteiger partial charge in [0, 0.05) is 37.7 Å². The molecule has 1 atom stereocenters. The molecule has 8 nitrogen and oxygen atoms in total. The van der Waals surface area contributed by atoms with E-state index in [2.05, 4.69) is 11.2 Å². The average Bonchev–Trinajstić information content (AvgIpc) is 3.53. The smallest absolute Gasteiger partial charge is 0.252 e. The van der Waals surface area contributed by atoms with Crippen molar-refractivity contribution in [1.82, 2.24) is 14.4 Å². The lowest BCUT2D eigenvalue weighted by molar-refractivity contribution is -0.135. The van der Waals surface area contributed by atoms with Crippen LogP contribution in [0.2, 0.25) is 0 Å². The monoisotopic (exact) mass is 557 g/mol. The van der Waals surface area contributed by atoms with Crippen molar-refractivity contribution in [2.45, 2.75) is 69.0 Å². The average molecular weight is 558 g/mol. The molecule has 10 heteroatoms. The summed E-state index contributed by atoms with van der Waals surface area (Å²) >= 11 is 1.17. The third kappa shape index (κ3) is 5.82. The second-order valence-corrected chi connectivity index (χ2v) is 13.4. The molecular weight excluding hydrogens is 522 g/mol. The van der Waals surface area contributed by atoms with Gasteiger partial charge in [-0.15, -0.1) is 11.3 Å². The van der Waals surface area contributed by atoms with Crippen molar-refractivity contribution in [3.8, 4) is 16.4 Å². The van der Waals surface area contributed by atoms with E-state index in [9.17, 15) is 13.2 Å². The molecule has 38 heavy (non-hydrogen) atoms. The second kappa shape index (κ2) is 11.6. The zero-order valence-corrected chi connectivity index (χ0v) is 23.7. The van der Waals surface area contributed by atoms with Gasteiger partial charge in [-0.2, -0.15) is 4.31 Å². The van der Waals surface area contributed by atoms with Crippen molar-refractivity contribution in [3.05, 3.63) is 53.2 Å². The van der Waals surface area contributed by atoms with Crippen LogP contribution in [-0.2, 0) is 21.2 Å². The Balaban J connectivity index is 1.38. The third-order valence-corrected chi connectivity index (χ3v) is 11.0. The van der Waals surface area contributed by atoms with Crippen LogP contribution in [0.3, 0.4) is 0 Å². The molecule has 1 amide bonds. The minimum atomic E-state index is -3.79. The van der Waals surface area contributed by atoms with E-state index in [1.807, 2.05) is 36.9 Å². The Kier molecular flexibility index (Phi) is 8.20. The van der Waals surface area contributed by atoms with Crippen LogP contribution in [0, 0.1) is 13.8 Å². The first-order chi connectivity index (χ1) is 18.3. The lowest BCUT2D eigenvalue weighted by atomic mass is 9.95. The van der Waals surface area contributed by atoms with Crippen molar-refractivity contribution in [3.63, 3.8) is 0 Å². The molecule has 0 spiro atoms. The molecule has 204 valence electrons. The minimum Gasteiger partial charge on any atom is -0.492 e. The van der Waals surface area contributed by atoms with E-state index in [-0.39, 0.29) is 35.9 Å². The summed E-state index contributed by atoms with van der Waals surface area (Å²) in [5.74, 6) is 1.46. The number of carbonyl (C=O) groups is 1. The number of thiophene rings is 1. The number of hydrogen-bond donors (Lipinski definition) is 0. The second-order valence-electron chi connectivity index (χ2n) is 10.1. The van der Waals surface area contributed by atoms with Crippen LogP contribution in [0.4, 0.5) is 0 Å². The van der Waals surface area contributed by atoms with Crippen molar-refractivity contribution in [2.75, 3.05) is 26.2 Å². The topological polar surface area (TPSA) is 93.0 Å². The highest BCUT2D eigenvalue weighted by molar-refractivity contribution is 7.91. The summed E-state index contributed by atoms with van der Waals surface area (Å²) in [6.45, 7) is 5.23. The molecule has 0 aliphatic carbocycles. The van der Waals surface area contributed by atoms with Crippen LogP contribution >= 0.6 is 11.3 Å². The third-order valence-electron chi connectivity index (χ3n) is 7.58. The van der Waals surface area contributed by atoms with E-state index in [1.54, 1.807) is 12.1 Å². The summed E-state index contributed by atoms with van der Waals surface area (Å²) in [5.41, 5.74) is 2.85. The summed E-state index contributed by atoms with van der Waals surface area (Å²) in [5, 5.41) is 4.00. The summed E-state index contributed by atoms with van der Waals surface area (Å²) in [6, 6.07) is 11.6. The first-order valence-electron chi connectivity index (χ1n) is 13.4. The highest BCUT2D eigenvalue weighted by Crippen LogP contribution is 2.35. The molecule has 1 unspecified atom stereocenters. The van der Waals surface area contributed by atoms with Crippen LogP contribution in [0.1, 0.15) is 55.3 Å². The lowest BCUT2D eigenvalue weighted by Crippen LogP contribution is -2.44. The highest BCUT2D eigenvalue weighted by atomic mass is 32.2. The van der Waals surface area contributed by atoms with E-state index in [0.29, 0.717) is 18.6 Å². The number of amides is 1. The molecule has 0 N–H and O–H groups in total. The zero-order valence-electron chi connectivity index (χ0n) is 22.0. The van der Waals surface area contributed by atoms with Gasteiger partial charge in [0.15, 0.2) is 5.76 Å². The van der Waals surface area contributed by atoms with Gasteiger partial charge >= 0.3 is 0 Å². The Bertz CT molecular complexity index is 1380. The van der Waals surface area contributed by atoms with Gasteiger partial charge in [0.25, 0.3) is 10.0 Å². The maximum Gasteiger partial charge on any atom is 0.252 e. The van der Waals surface area contributed by atoms with Crippen molar-refractivity contribution in [1.29, 1.82) is 0 Å². The summed E-state index contributed by atoms with van der Waals surface area (Å²) in [6.07, 6.45) is 5.80. The molecule has 2 aliphatic heterocycles. The molecule has 2 aromatic heterocycles. The van der Waals surface area contributed by atoms with Gasteiger partial charge in [0.05, 0.1) is 10.6 Å². The van der Waals surface area contributed by atoms with Gasteiger partial charge in [-0.3, -0.25) is 4.79 Å². The number of sulfonamides is 1. The SMILES string of the molecule is Cc1noc(-c2ccc(S(=O)(=O)N3CCCC(=O)N4CCCCC4CCc4cccc(c4)OCC3)s2)c1C. The molecule has 5 rings (SSSR count). The Labute approximate surface area is 228 Å². The molecule has 4 heterocycles. The van der Waals surface area contributed by atoms with Crippen LogP contribution in [0.15, 0.2) is 45.1 Å². The van der Waals surface area contributed by atoms with Gasteiger partial charge in [0.2, 0.25) is 5.91 Å². The molecule has 1 fully saturated rings. The molecule has 2 bridgehead atoms. The van der Waals surface area contributed by atoms with Crippen molar-refractivity contribution in [2.24, 2.45) is 0 Å². The summed E-state index contributed by atoms with van der Waals surface area (Å²) in [7, 11) is -3.79. The van der Waals surface area contributed by atoms with E-state index in [4.69, 9.17) is 9.26 Å². The number of nitrogens with zero attached hydrogens (tertiary/aromatic N) is 3. The van der Waals surface area contributed by atoms with Crippen LogP contribution in [0.5, 0.6) is 5.75 Å². The Hall–Kier alpha value is -2.69. The number of piperidine rings is 1. The molecule has 1 aromatic carbocycles. The van der Waals surface area contributed by atoms with Gasteiger partial charge in [-0.1, -0.05) is 17.3 Å². The Morgan fingerprint density at radius 2 is 1.87 bits per heavy atom. The number of rotatable bonds is 3. The number of benzene rings is 1. The van der Waals surface area contributed by atoms with Crippen molar-refractivity contribution < 1.29 is 22.5 Å². The largest absolute Gasteiger partial charge is 0.492 e. The van der Waals surface area contributed by atoms with E-state index in [1.165, 1.54) is 21.2 Å². The van der Waals surface area contributed by atoms with Gasteiger partial charge in [0.1, 0.15) is 16.6 Å². The number of carbonyl (C=O) groups excluding carboxylic acids is 1. The number of fused-ring (bicyclic) bond motifs is 3. The number of ether oxygens (including phenoxy) is 1. The fourth-order valence-electron chi connectivity index (χ4n) is 5.27. The van der Waals surface area contributed by atoms with Crippen LogP contribution < -0.4 is 4.74 Å². The van der Waals surface area contributed by atoms with Gasteiger partial charge in [-0.25, -0.2) is 8.42 Å². The maximum atomic E-state index is 13.7. The predicted molar refractivity (Wildman–Crippen MR) is 147 cm³/mol. The Morgan fingerprint density at radius 1 is 1.00 bits per heavy atom. The number of aryl methyl sites for hydroxylation is 2. The summed E-state index contributed by atoms with van der Waals surface area (Å²) in [4.78, 5) is 16.0. The number of hydrogen-bond acceptors (Lipinski definition) is 7. The summed E-state index contributed by atoms with van der Waals surface area (Å²) < 4.78 is 40.6. The minimum absolute atomic E-state index is 0.126. The first-order valence-corrected chi connectivity index (χ1v) is 15.6. The standard InChI is InChI=1S/C28H35N3O5S2/c1-20-21(2)29-36-28(20)25-13-14-27(37-25)38(33,34)30-15-6-10-26(32)31-16-4-3-8-23(31)12-11-22-7-5-9-24(19-22)35-18-17-30/h5,7,9,13-14,19,23H,3-4,6,8,10-12,15-18H2,1-2H3. The fourth-order valence-corrected chi connectivity index (χ4v) is 8.23. The van der Waals surface area contributed by atoms with Gasteiger partial charge < -0.3 is 14.2 Å². The molecule has 1 saturated heterocycles. The first kappa shape index (κ1) is 26.9. The predicted octanol–water partition coefficient (Wildman–Crippen LogP) is 5.20. The molecule has 0 radical (unpaired) electrons. The van der Waals surface area contributed by atoms with E-state index >= 15 is 0 Å². The molecule has 2 aliphatic rings. The van der Waals surface area contributed by atoms with Crippen molar-refractivity contribution >= 4 is 27.3 Å². The van der Waals surface area contributed by atoms with Crippen LogP contribution in [0.25, 0.3) is 10.6 Å². The Morgan fingerprint density at radius 3 is 2.68 bits per heavy atom. The van der Waals surface area contributed by atoms with E-state index < -0.39 is 10.0 Å². The zero-order chi connectivity index (χ0) is 26.7. The quantitative estimate of drug-likeness (QED) is 0.440. The highest BCUT2D eigenvalue weighted by Gasteiger charge is 2.29. The van der Waals surface area contributed by atoms with Gasteiger partial charge in [-0.05, 0) is 82.2 Å². The fraction of sp³-hybridized carbons (Fsp3) is 0.500. The molecule has 0 saturated carbocycles. The van der Waals surface area contributed by atoms with Crippen LogP contribution in [-0.4, -0.2) is 61.0 Å².